The van der Waals surface area contributed by atoms with E-state index in [-0.39, 0.29) is 11.8 Å². The molecule has 1 amide bonds. The molecule has 20 heavy (non-hydrogen) atoms. The summed E-state index contributed by atoms with van der Waals surface area (Å²) < 4.78 is 0. The topological polar surface area (TPSA) is 32.3 Å². The van der Waals surface area contributed by atoms with E-state index in [4.69, 9.17) is 0 Å². The molecule has 3 nitrogen and oxygen atoms in total. The molecule has 1 aromatic carbocycles. The van der Waals surface area contributed by atoms with Gasteiger partial charge in [0.15, 0.2) is 0 Å². The van der Waals surface area contributed by atoms with Gasteiger partial charge < -0.3 is 10.2 Å². The monoisotopic (exact) mass is 274 g/mol. The van der Waals surface area contributed by atoms with Crippen molar-refractivity contribution in [2.75, 3.05) is 14.1 Å². The Hall–Kier alpha value is -1.35. The molecule has 0 aromatic heterocycles. The van der Waals surface area contributed by atoms with Crippen LogP contribution >= 0.6 is 0 Å². The van der Waals surface area contributed by atoms with E-state index in [0.29, 0.717) is 6.54 Å². The molecule has 1 aliphatic carbocycles. The molecule has 0 aliphatic heterocycles. The highest BCUT2D eigenvalue weighted by Crippen LogP contribution is 2.23. The molecule has 1 saturated carbocycles. The summed E-state index contributed by atoms with van der Waals surface area (Å²) in [5, 5.41) is 3.12. The number of hydrogen-bond donors (Lipinski definition) is 1. The van der Waals surface area contributed by atoms with Crippen LogP contribution in [-0.4, -0.2) is 24.9 Å². The number of benzene rings is 1. The van der Waals surface area contributed by atoms with Crippen molar-refractivity contribution >= 4 is 5.91 Å². The van der Waals surface area contributed by atoms with Crippen LogP contribution in [0.3, 0.4) is 0 Å². The van der Waals surface area contributed by atoms with Gasteiger partial charge in [-0.05, 0) is 38.1 Å². The SMILES string of the molecule is CN(C)Cc1ccccc1CNC(=O)C1CCCCC1. The molecule has 1 aromatic rings. The first-order valence-electron chi connectivity index (χ1n) is 7.66. The molecule has 0 bridgehead atoms. The minimum Gasteiger partial charge on any atom is -0.352 e. The fourth-order valence-corrected chi connectivity index (χ4v) is 2.92. The Morgan fingerprint density at radius 1 is 1.15 bits per heavy atom. The number of hydrogen-bond acceptors (Lipinski definition) is 2. The molecule has 0 spiro atoms. The van der Waals surface area contributed by atoms with Gasteiger partial charge in [-0.1, -0.05) is 43.5 Å². The van der Waals surface area contributed by atoms with Gasteiger partial charge in [0.05, 0.1) is 0 Å². The third kappa shape index (κ3) is 4.34. The van der Waals surface area contributed by atoms with Crippen molar-refractivity contribution in [3.8, 4) is 0 Å². The van der Waals surface area contributed by atoms with E-state index < -0.39 is 0 Å². The third-order valence-electron chi connectivity index (χ3n) is 4.03. The highest BCUT2D eigenvalue weighted by molar-refractivity contribution is 5.78. The average Bonchev–Trinajstić information content (AvgIpc) is 2.46. The van der Waals surface area contributed by atoms with Crippen LogP contribution in [0.15, 0.2) is 24.3 Å². The van der Waals surface area contributed by atoms with Crippen molar-refractivity contribution in [1.82, 2.24) is 10.2 Å². The fourth-order valence-electron chi connectivity index (χ4n) is 2.92. The van der Waals surface area contributed by atoms with Crippen LogP contribution in [0.1, 0.15) is 43.2 Å². The largest absolute Gasteiger partial charge is 0.352 e. The van der Waals surface area contributed by atoms with Crippen LogP contribution in [0.25, 0.3) is 0 Å². The van der Waals surface area contributed by atoms with Crippen molar-refractivity contribution in [3.05, 3.63) is 35.4 Å². The Balaban J connectivity index is 1.91. The molecule has 1 N–H and O–H groups in total. The Morgan fingerprint density at radius 3 is 2.45 bits per heavy atom. The molecule has 1 fully saturated rings. The molecular formula is C17H26N2O. The summed E-state index contributed by atoms with van der Waals surface area (Å²) in [5.74, 6) is 0.481. The second-order valence-electron chi connectivity index (χ2n) is 6.06. The normalized spacial score (nSPS) is 16.4. The van der Waals surface area contributed by atoms with Gasteiger partial charge in [-0.2, -0.15) is 0 Å². The van der Waals surface area contributed by atoms with E-state index in [1.54, 1.807) is 0 Å². The van der Waals surface area contributed by atoms with Gasteiger partial charge in [0, 0.05) is 19.0 Å². The van der Waals surface area contributed by atoms with E-state index in [1.165, 1.54) is 30.4 Å². The lowest BCUT2D eigenvalue weighted by Gasteiger charge is -2.21. The molecule has 2 rings (SSSR count). The number of amides is 1. The molecule has 0 radical (unpaired) electrons. The summed E-state index contributed by atoms with van der Waals surface area (Å²) in [4.78, 5) is 14.3. The van der Waals surface area contributed by atoms with Crippen molar-refractivity contribution in [2.24, 2.45) is 5.92 Å². The van der Waals surface area contributed by atoms with Gasteiger partial charge >= 0.3 is 0 Å². The summed E-state index contributed by atoms with van der Waals surface area (Å²) in [6.07, 6.45) is 5.82. The minimum absolute atomic E-state index is 0.240. The van der Waals surface area contributed by atoms with Crippen molar-refractivity contribution in [1.29, 1.82) is 0 Å². The van der Waals surface area contributed by atoms with E-state index in [9.17, 15) is 4.79 Å². The quantitative estimate of drug-likeness (QED) is 0.895. The molecule has 0 unspecified atom stereocenters. The summed E-state index contributed by atoms with van der Waals surface area (Å²) in [5.41, 5.74) is 2.52. The lowest BCUT2D eigenvalue weighted by atomic mass is 9.88. The molecule has 110 valence electrons. The maximum absolute atomic E-state index is 12.2. The first kappa shape index (κ1) is 15.0. The second-order valence-corrected chi connectivity index (χ2v) is 6.06. The van der Waals surface area contributed by atoms with Crippen LogP contribution in [0.5, 0.6) is 0 Å². The highest BCUT2D eigenvalue weighted by atomic mass is 16.1. The number of nitrogens with zero attached hydrogens (tertiary/aromatic N) is 1. The zero-order valence-corrected chi connectivity index (χ0v) is 12.7. The molecule has 3 heteroatoms. The Bertz CT molecular complexity index is 436. The number of carbonyl (C=O) groups is 1. The summed E-state index contributed by atoms with van der Waals surface area (Å²) >= 11 is 0. The Morgan fingerprint density at radius 2 is 1.80 bits per heavy atom. The zero-order chi connectivity index (χ0) is 14.4. The zero-order valence-electron chi connectivity index (χ0n) is 12.7. The first-order chi connectivity index (χ1) is 9.66. The van der Waals surface area contributed by atoms with Gasteiger partial charge in [-0.3, -0.25) is 4.79 Å². The van der Waals surface area contributed by atoms with Gasteiger partial charge in [0.2, 0.25) is 5.91 Å². The van der Waals surface area contributed by atoms with Gasteiger partial charge in [0.25, 0.3) is 0 Å². The standard InChI is InChI=1S/C17H26N2O/c1-19(2)13-16-11-7-6-10-15(16)12-18-17(20)14-8-4-3-5-9-14/h6-7,10-11,14H,3-5,8-9,12-13H2,1-2H3,(H,18,20). The first-order valence-corrected chi connectivity index (χ1v) is 7.66. The van der Waals surface area contributed by atoms with Gasteiger partial charge in [0.1, 0.15) is 0 Å². The van der Waals surface area contributed by atoms with Crippen LogP contribution in [0, 0.1) is 5.92 Å². The lowest BCUT2D eigenvalue weighted by Crippen LogP contribution is -2.31. The molecule has 0 atom stereocenters. The highest BCUT2D eigenvalue weighted by Gasteiger charge is 2.20. The predicted octanol–water partition coefficient (Wildman–Crippen LogP) is 2.94. The smallest absolute Gasteiger partial charge is 0.223 e. The summed E-state index contributed by atoms with van der Waals surface area (Å²) in [6, 6.07) is 8.36. The minimum atomic E-state index is 0.240. The van der Waals surface area contributed by atoms with Crippen molar-refractivity contribution < 1.29 is 4.79 Å². The van der Waals surface area contributed by atoms with Crippen LogP contribution in [-0.2, 0) is 17.9 Å². The van der Waals surface area contributed by atoms with E-state index in [2.05, 4.69) is 42.5 Å². The van der Waals surface area contributed by atoms with Crippen LogP contribution in [0.4, 0.5) is 0 Å². The molecule has 0 saturated heterocycles. The van der Waals surface area contributed by atoms with E-state index in [1.807, 2.05) is 6.07 Å². The van der Waals surface area contributed by atoms with Gasteiger partial charge in [-0.25, -0.2) is 0 Å². The molecule has 1 aliphatic rings. The predicted molar refractivity (Wildman–Crippen MR) is 82.3 cm³/mol. The van der Waals surface area contributed by atoms with Gasteiger partial charge in [-0.15, -0.1) is 0 Å². The Labute approximate surface area is 122 Å². The number of rotatable bonds is 5. The molecular weight excluding hydrogens is 248 g/mol. The number of nitrogens with one attached hydrogen (secondary N) is 1. The Kier molecular flexibility index (Phi) is 5.60. The lowest BCUT2D eigenvalue weighted by molar-refractivity contribution is -0.126. The average molecular weight is 274 g/mol. The summed E-state index contributed by atoms with van der Waals surface area (Å²) in [7, 11) is 4.13. The fraction of sp³-hybridized carbons (Fsp3) is 0.588. The van der Waals surface area contributed by atoms with E-state index in [0.717, 1.165) is 19.4 Å². The van der Waals surface area contributed by atoms with Crippen molar-refractivity contribution in [2.45, 2.75) is 45.2 Å². The van der Waals surface area contributed by atoms with Crippen LogP contribution in [0.2, 0.25) is 0 Å². The molecule has 0 heterocycles. The summed E-state index contributed by atoms with van der Waals surface area (Å²) in [6.45, 7) is 1.56. The van der Waals surface area contributed by atoms with Crippen LogP contribution < -0.4 is 5.32 Å². The maximum Gasteiger partial charge on any atom is 0.223 e. The second kappa shape index (κ2) is 7.44. The maximum atomic E-state index is 12.2. The third-order valence-corrected chi connectivity index (χ3v) is 4.03. The van der Waals surface area contributed by atoms with E-state index >= 15 is 0 Å². The van der Waals surface area contributed by atoms with Crippen molar-refractivity contribution in [3.63, 3.8) is 0 Å². The number of carbonyl (C=O) groups excluding carboxylic acids is 1.